The lowest BCUT2D eigenvalue weighted by Gasteiger charge is -2.06. The predicted molar refractivity (Wildman–Crippen MR) is 78.3 cm³/mol. The molecule has 0 radical (unpaired) electrons. The summed E-state index contributed by atoms with van der Waals surface area (Å²) in [5, 5.41) is 5.85. The van der Waals surface area contributed by atoms with Crippen molar-refractivity contribution in [2.75, 3.05) is 17.2 Å². The highest BCUT2D eigenvalue weighted by molar-refractivity contribution is 9.10. The number of carbonyl (C=O) groups is 1. The van der Waals surface area contributed by atoms with E-state index in [2.05, 4.69) is 36.5 Å². The summed E-state index contributed by atoms with van der Waals surface area (Å²) in [6, 6.07) is 7.26. The molecule has 0 spiro atoms. The maximum Gasteiger partial charge on any atom is 0.256 e. The molecule has 19 heavy (non-hydrogen) atoms. The number of aromatic nitrogens is 2. The Labute approximate surface area is 119 Å². The van der Waals surface area contributed by atoms with E-state index in [4.69, 9.17) is 0 Å². The maximum absolute atomic E-state index is 12.0. The predicted octanol–water partition coefficient (Wildman–Crippen LogP) is 2.92. The summed E-state index contributed by atoms with van der Waals surface area (Å²) in [5.74, 6) is 0.212. The molecule has 2 N–H and O–H groups in total. The first-order valence-electron chi connectivity index (χ1n) is 5.82. The molecule has 0 saturated carbocycles. The Bertz CT molecular complexity index is 554. The van der Waals surface area contributed by atoms with Crippen LogP contribution in [0.1, 0.15) is 17.3 Å². The van der Waals surface area contributed by atoms with Gasteiger partial charge in [0.2, 0.25) is 0 Å². The van der Waals surface area contributed by atoms with E-state index in [-0.39, 0.29) is 5.91 Å². The fourth-order valence-corrected chi connectivity index (χ4v) is 1.71. The van der Waals surface area contributed by atoms with Gasteiger partial charge in [-0.05, 0) is 47.1 Å². The summed E-state index contributed by atoms with van der Waals surface area (Å²) in [6.07, 6.45) is 3.03. The Hall–Kier alpha value is -1.95. The zero-order valence-corrected chi connectivity index (χ0v) is 11.9. The van der Waals surface area contributed by atoms with Gasteiger partial charge in [-0.1, -0.05) is 0 Å². The summed E-state index contributed by atoms with van der Waals surface area (Å²) in [4.78, 5) is 20.0. The Balaban J connectivity index is 2.05. The summed E-state index contributed by atoms with van der Waals surface area (Å²) in [6.45, 7) is 2.87. The molecule has 0 atom stereocenters. The molecular weight excluding hydrogens is 308 g/mol. The fraction of sp³-hybridized carbons (Fsp3) is 0.154. The molecule has 0 fully saturated rings. The lowest BCUT2D eigenvalue weighted by Crippen LogP contribution is -2.13. The van der Waals surface area contributed by atoms with Gasteiger partial charge in [0.25, 0.3) is 5.91 Å². The number of nitrogens with one attached hydrogen (secondary N) is 2. The summed E-state index contributed by atoms with van der Waals surface area (Å²) < 4.78 is 0.625. The third kappa shape index (κ3) is 3.75. The number of nitrogens with zero attached hydrogens (tertiary/aromatic N) is 2. The van der Waals surface area contributed by atoms with E-state index < -0.39 is 0 Å². The zero-order chi connectivity index (χ0) is 13.7. The highest BCUT2D eigenvalue weighted by Crippen LogP contribution is 2.11. The molecule has 6 heteroatoms. The molecule has 1 amide bonds. The van der Waals surface area contributed by atoms with Crippen molar-refractivity contribution >= 4 is 33.3 Å². The van der Waals surface area contributed by atoms with Gasteiger partial charge in [0.1, 0.15) is 4.60 Å². The average molecular weight is 321 g/mol. The van der Waals surface area contributed by atoms with Crippen LogP contribution in [0.5, 0.6) is 0 Å². The lowest BCUT2D eigenvalue weighted by atomic mass is 10.2. The number of rotatable bonds is 4. The molecule has 0 bridgehead atoms. The molecule has 0 saturated heterocycles. The summed E-state index contributed by atoms with van der Waals surface area (Å²) in [5.41, 5.74) is 1.56. The van der Waals surface area contributed by atoms with Crippen LogP contribution < -0.4 is 10.6 Å². The molecule has 0 aliphatic heterocycles. The fourth-order valence-electron chi connectivity index (χ4n) is 1.51. The Kier molecular flexibility index (Phi) is 4.46. The third-order valence-electron chi connectivity index (χ3n) is 2.39. The second-order valence-electron chi connectivity index (χ2n) is 3.79. The van der Waals surface area contributed by atoms with Crippen molar-refractivity contribution in [2.45, 2.75) is 6.92 Å². The van der Waals surface area contributed by atoms with Crippen LogP contribution in [0.3, 0.4) is 0 Å². The zero-order valence-electron chi connectivity index (χ0n) is 10.4. The monoisotopic (exact) mass is 320 g/mol. The van der Waals surface area contributed by atoms with E-state index in [1.54, 1.807) is 12.1 Å². The van der Waals surface area contributed by atoms with Crippen molar-refractivity contribution in [2.24, 2.45) is 0 Å². The van der Waals surface area contributed by atoms with E-state index in [0.717, 1.165) is 12.2 Å². The minimum atomic E-state index is -0.209. The van der Waals surface area contributed by atoms with Gasteiger partial charge in [-0.3, -0.25) is 4.79 Å². The first kappa shape index (κ1) is 13.5. The Morgan fingerprint density at radius 2 is 1.95 bits per heavy atom. The number of halogens is 1. The minimum absolute atomic E-state index is 0.209. The molecular formula is C13H13BrN4O. The highest BCUT2D eigenvalue weighted by Gasteiger charge is 2.06. The van der Waals surface area contributed by atoms with Crippen molar-refractivity contribution in [3.63, 3.8) is 0 Å². The second kappa shape index (κ2) is 6.29. The molecule has 1 aromatic heterocycles. The quantitative estimate of drug-likeness (QED) is 0.909. The molecule has 2 rings (SSSR count). The van der Waals surface area contributed by atoms with Crippen molar-refractivity contribution in [3.05, 3.63) is 46.8 Å². The van der Waals surface area contributed by atoms with Gasteiger partial charge in [-0.2, -0.15) is 0 Å². The molecule has 1 heterocycles. The van der Waals surface area contributed by atoms with E-state index >= 15 is 0 Å². The van der Waals surface area contributed by atoms with Crippen LogP contribution >= 0.6 is 15.9 Å². The molecule has 0 aliphatic rings. The second-order valence-corrected chi connectivity index (χ2v) is 4.60. The van der Waals surface area contributed by atoms with Gasteiger partial charge >= 0.3 is 0 Å². The van der Waals surface area contributed by atoms with E-state index in [9.17, 15) is 4.79 Å². The number of amides is 1. The molecule has 5 nitrogen and oxygen atoms in total. The van der Waals surface area contributed by atoms with Crippen LogP contribution in [0.25, 0.3) is 0 Å². The van der Waals surface area contributed by atoms with Gasteiger partial charge in [0.15, 0.2) is 5.82 Å². The van der Waals surface area contributed by atoms with Crippen molar-refractivity contribution in [3.8, 4) is 0 Å². The van der Waals surface area contributed by atoms with Gasteiger partial charge in [-0.25, -0.2) is 9.97 Å². The minimum Gasteiger partial charge on any atom is -0.385 e. The van der Waals surface area contributed by atoms with Gasteiger partial charge < -0.3 is 10.6 Å². The molecule has 98 valence electrons. The smallest absolute Gasteiger partial charge is 0.256 e. The standard InChI is InChI=1S/C13H13BrN4O/c1-2-15-10-5-3-9(4-6-10)13(19)18-12-8-16-11(14)7-17-12/h3-8,15H,2H2,1H3,(H,17,18,19). The summed E-state index contributed by atoms with van der Waals surface area (Å²) >= 11 is 3.19. The van der Waals surface area contributed by atoms with Crippen molar-refractivity contribution in [1.29, 1.82) is 0 Å². The van der Waals surface area contributed by atoms with E-state index in [1.165, 1.54) is 12.4 Å². The summed E-state index contributed by atoms with van der Waals surface area (Å²) in [7, 11) is 0. The Morgan fingerprint density at radius 1 is 1.21 bits per heavy atom. The third-order valence-corrected chi connectivity index (χ3v) is 2.80. The van der Waals surface area contributed by atoms with Crippen LogP contribution in [0.15, 0.2) is 41.3 Å². The van der Waals surface area contributed by atoms with E-state index in [0.29, 0.717) is 16.0 Å². The number of hydrogen-bond acceptors (Lipinski definition) is 4. The number of hydrogen-bond donors (Lipinski definition) is 2. The molecule has 0 aliphatic carbocycles. The van der Waals surface area contributed by atoms with Gasteiger partial charge in [0.05, 0.1) is 12.4 Å². The molecule has 2 aromatic rings. The van der Waals surface area contributed by atoms with Crippen molar-refractivity contribution in [1.82, 2.24) is 9.97 Å². The number of anilines is 2. The Morgan fingerprint density at radius 3 is 2.53 bits per heavy atom. The van der Waals surface area contributed by atoms with Gasteiger partial charge in [-0.15, -0.1) is 0 Å². The van der Waals surface area contributed by atoms with Crippen LogP contribution in [0, 0.1) is 0 Å². The lowest BCUT2D eigenvalue weighted by molar-refractivity contribution is 0.102. The van der Waals surface area contributed by atoms with Crippen LogP contribution in [-0.2, 0) is 0 Å². The number of carbonyl (C=O) groups excluding carboxylic acids is 1. The van der Waals surface area contributed by atoms with E-state index in [1.807, 2.05) is 19.1 Å². The number of benzene rings is 1. The largest absolute Gasteiger partial charge is 0.385 e. The van der Waals surface area contributed by atoms with Crippen molar-refractivity contribution < 1.29 is 4.79 Å². The van der Waals surface area contributed by atoms with Crippen LogP contribution in [-0.4, -0.2) is 22.4 Å². The van der Waals surface area contributed by atoms with Gasteiger partial charge in [0, 0.05) is 17.8 Å². The SMILES string of the molecule is CCNc1ccc(C(=O)Nc2cnc(Br)cn2)cc1. The highest BCUT2D eigenvalue weighted by atomic mass is 79.9. The van der Waals surface area contributed by atoms with Crippen LogP contribution in [0.4, 0.5) is 11.5 Å². The first-order valence-corrected chi connectivity index (χ1v) is 6.61. The normalized spacial score (nSPS) is 10.0. The van der Waals surface area contributed by atoms with Crippen LogP contribution in [0.2, 0.25) is 0 Å². The molecule has 1 aromatic carbocycles. The average Bonchev–Trinajstić information content (AvgIpc) is 2.42. The first-order chi connectivity index (χ1) is 9.19. The topological polar surface area (TPSA) is 66.9 Å². The molecule has 0 unspecified atom stereocenters. The maximum atomic E-state index is 12.0.